The fourth-order valence-electron chi connectivity index (χ4n) is 2.72. The van der Waals surface area contributed by atoms with Gasteiger partial charge in [-0.3, -0.25) is 4.79 Å². The summed E-state index contributed by atoms with van der Waals surface area (Å²) >= 11 is 0. The van der Waals surface area contributed by atoms with Gasteiger partial charge in [-0.05, 0) is 28.0 Å². The largest absolute Gasteiger partial charge is 0.497 e. The number of rotatable bonds is 6. The average Bonchev–Trinajstić information content (AvgIpc) is 3.40. The van der Waals surface area contributed by atoms with Gasteiger partial charge in [0.05, 0.1) is 13.3 Å². The van der Waals surface area contributed by atoms with E-state index >= 15 is 0 Å². The number of hydrogen-bond donors (Lipinski definition) is 2. The van der Waals surface area contributed by atoms with E-state index in [1.54, 1.807) is 25.3 Å². The Morgan fingerprint density at radius 2 is 2.03 bits per heavy atom. The first-order valence-corrected chi connectivity index (χ1v) is 8.74. The molecule has 0 unspecified atom stereocenters. The van der Waals surface area contributed by atoms with Crippen LogP contribution in [0.1, 0.15) is 16.1 Å². The second-order valence-corrected chi connectivity index (χ2v) is 6.01. The Bertz CT molecular complexity index is 1200. The van der Waals surface area contributed by atoms with Crippen LogP contribution in [0, 0.1) is 0 Å². The van der Waals surface area contributed by atoms with Crippen LogP contribution in [0.4, 0.5) is 5.82 Å². The van der Waals surface area contributed by atoms with Crippen LogP contribution in [-0.2, 0) is 0 Å². The highest BCUT2D eigenvalue weighted by molar-refractivity contribution is 5.98. The van der Waals surface area contributed by atoms with Gasteiger partial charge in [0.2, 0.25) is 11.6 Å². The van der Waals surface area contributed by atoms with E-state index in [4.69, 9.17) is 10.5 Å². The van der Waals surface area contributed by atoms with Crippen LogP contribution in [0.15, 0.2) is 64.3 Å². The number of ether oxygens (including phenoxy) is 1. The highest BCUT2D eigenvalue weighted by atomic mass is 16.6. The summed E-state index contributed by atoms with van der Waals surface area (Å²) in [6.45, 7) is 0. The van der Waals surface area contributed by atoms with Gasteiger partial charge < -0.3 is 10.5 Å². The molecule has 0 aliphatic carbocycles. The van der Waals surface area contributed by atoms with Gasteiger partial charge in [0, 0.05) is 5.56 Å². The summed E-state index contributed by atoms with van der Waals surface area (Å²) in [5, 5.41) is 19.3. The molecular formula is C19H16N8O3. The fraction of sp³-hybridized carbons (Fsp3) is 0.0526. The van der Waals surface area contributed by atoms with Crippen molar-refractivity contribution in [3.05, 3.63) is 65.9 Å². The van der Waals surface area contributed by atoms with Gasteiger partial charge in [0.25, 0.3) is 5.91 Å². The van der Waals surface area contributed by atoms with E-state index in [1.165, 1.54) is 10.9 Å². The predicted octanol–water partition coefficient (Wildman–Crippen LogP) is 1.67. The van der Waals surface area contributed by atoms with Crippen molar-refractivity contribution in [1.29, 1.82) is 0 Å². The van der Waals surface area contributed by atoms with Crippen molar-refractivity contribution in [1.82, 2.24) is 30.7 Å². The number of benzene rings is 2. The van der Waals surface area contributed by atoms with Gasteiger partial charge in [-0.15, -0.1) is 5.10 Å². The third kappa shape index (κ3) is 3.71. The van der Waals surface area contributed by atoms with Crippen molar-refractivity contribution < 1.29 is 14.2 Å². The molecule has 4 aromatic rings. The SMILES string of the molecule is COc1cccc(/C=N\NC(=O)c2nnn(-c3nonc3N)c2-c2ccccc2)c1. The maximum atomic E-state index is 12.8. The molecule has 0 saturated carbocycles. The number of nitrogens with two attached hydrogens (primary N) is 1. The van der Waals surface area contributed by atoms with Crippen LogP contribution in [0.3, 0.4) is 0 Å². The van der Waals surface area contributed by atoms with E-state index in [2.05, 4.69) is 35.8 Å². The first-order valence-electron chi connectivity index (χ1n) is 8.74. The van der Waals surface area contributed by atoms with Gasteiger partial charge in [-0.2, -0.15) is 9.78 Å². The van der Waals surface area contributed by atoms with Crippen LogP contribution in [0.5, 0.6) is 5.75 Å². The summed E-state index contributed by atoms with van der Waals surface area (Å²) in [6.07, 6.45) is 1.49. The van der Waals surface area contributed by atoms with Crippen LogP contribution in [0.2, 0.25) is 0 Å². The van der Waals surface area contributed by atoms with Crippen molar-refractivity contribution >= 4 is 17.9 Å². The lowest BCUT2D eigenvalue weighted by atomic mass is 10.1. The highest BCUT2D eigenvalue weighted by Crippen LogP contribution is 2.26. The number of nitrogen functional groups attached to an aromatic ring is 1. The third-order valence-electron chi connectivity index (χ3n) is 4.10. The molecule has 0 radical (unpaired) electrons. The number of carbonyl (C=O) groups is 1. The van der Waals surface area contributed by atoms with E-state index in [0.29, 0.717) is 17.0 Å². The molecule has 2 aromatic heterocycles. The fourth-order valence-corrected chi connectivity index (χ4v) is 2.72. The molecule has 1 amide bonds. The zero-order valence-electron chi connectivity index (χ0n) is 15.8. The Hall–Kier alpha value is -4.54. The second-order valence-electron chi connectivity index (χ2n) is 6.01. The standard InChI is InChI=1S/C19H16N8O3/c1-29-14-9-5-6-12(10-14)11-21-23-19(28)15-16(13-7-3-2-4-8-13)27(26-22-15)18-17(20)24-30-25-18/h2-11H,1H3,(H2,20,24)(H,23,28)/b21-11-. The summed E-state index contributed by atoms with van der Waals surface area (Å²) in [5.74, 6) is 0.257. The molecule has 2 heterocycles. The number of methoxy groups -OCH3 is 1. The van der Waals surface area contributed by atoms with Crippen LogP contribution in [0.25, 0.3) is 17.1 Å². The highest BCUT2D eigenvalue weighted by Gasteiger charge is 2.24. The normalized spacial score (nSPS) is 11.0. The Labute approximate surface area is 170 Å². The molecule has 0 bridgehead atoms. The number of nitrogens with one attached hydrogen (secondary N) is 1. The molecule has 0 aliphatic rings. The van der Waals surface area contributed by atoms with Crippen molar-refractivity contribution in [3.63, 3.8) is 0 Å². The Morgan fingerprint density at radius 3 is 2.77 bits per heavy atom. The molecule has 0 atom stereocenters. The van der Waals surface area contributed by atoms with E-state index in [9.17, 15) is 4.79 Å². The van der Waals surface area contributed by atoms with Crippen LogP contribution < -0.4 is 15.9 Å². The Balaban J connectivity index is 1.65. The lowest BCUT2D eigenvalue weighted by Gasteiger charge is -2.05. The molecule has 0 spiro atoms. The van der Waals surface area contributed by atoms with Gasteiger partial charge in [-0.1, -0.05) is 47.7 Å². The number of hydrazone groups is 1. The van der Waals surface area contributed by atoms with Gasteiger partial charge >= 0.3 is 0 Å². The van der Waals surface area contributed by atoms with E-state index in [1.807, 2.05) is 36.4 Å². The maximum Gasteiger partial charge on any atom is 0.294 e. The first-order chi connectivity index (χ1) is 14.7. The molecule has 3 N–H and O–H groups in total. The first kappa shape index (κ1) is 18.8. The van der Waals surface area contributed by atoms with E-state index in [-0.39, 0.29) is 17.3 Å². The molecule has 11 nitrogen and oxygen atoms in total. The number of hydrogen-bond acceptors (Lipinski definition) is 9. The van der Waals surface area contributed by atoms with Crippen molar-refractivity contribution in [2.24, 2.45) is 5.10 Å². The summed E-state index contributed by atoms with van der Waals surface area (Å²) < 4.78 is 11.1. The number of aromatic nitrogens is 5. The average molecular weight is 404 g/mol. The minimum absolute atomic E-state index is 0.0140. The van der Waals surface area contributed by atoms with Gasteiger partial charge in [-0.25, -0.2) is 10.1 Å². The lowest BCUT2D eigenvalue weighted by molar-refractivity contribution is 0.0950. The number of carbonyl (C=O) groups excluding carboxylic acids is 1. The predicted molar refractivity (Wildman–Crippen MR) is 107 cm³/mol. The number of amides is 1. The Morgan fingerprint density at radius 1 is 1.20 bits per heavy atom. The van der Waals surface area contributed by atoms with Crippen molar-refractivity contribution in [2.75, 3.05) is 12.8 Å². The summed E-state index contributed by atoms with van der Waals surface area (Å²) in [6, 6.07) is 16.3. The molecule has 0 fully saturated rings. The number of nitrogens with zero attached hydrogens (tertiary/aromatic N) is 6. The summed E-state index contributed by atoms with van der Waals surface area (Å²) in [7, 11) is 1.57. The molecule has 0 saturated heterocycles. The molecule has 0 aliphatic heterocycles. The van der Waals surface area contributed by atoms with Crippen LogP contribution >= 0.6 is 0 Å². The molecular weight excluding hydrogens is 388 g/mol. The molecule has 150 valence electrons. The van der Waals surface area contributed by atoms with Gasteiger partial charge in [0.15, 0.2) is 5.69 Å². The lowest BCUT2D eigenvalue weighted by Crippen LogP contribution is -2.19. The van der Waals surface area contributed by atoms with Gasteiger partial charge in [0.1, 0.15) is 11.4 Å². The number of anilines is 1. The third-order valence-corrected chi connectivity index (χ3v) is 4.10. The van der Waals surface area contributed by atoms with Crippen LogP contribution in [-0.4, -0.2) is 44.5 Å². The molecule has 2 aromatic carbocycles. The van der Waals surface area contributed by atoms with Crippen molar-refractivity contribution in [3.8, 4) is 22.8 Å². The summed E-state index contributed by atoms with van der Waals surface area (Å²) in [5.41, 5.74) is 10.1. The Kier molecular flexibility index (Phi) is 5.16. The minimum atomic E-state index is -0.561. The zero-order chi connectivity index (χ0) is 20.9. The van der Waals surface area contributed by atoms with Crippen molar-refractivity contribution in [2.45, 2.75) is 0 Å². The molecule has 4 rings (SSSR count). The monoisotopic (exact) mass is 404 g/mol. The topological polar surface area (TPSA) is 146 Å². The quantitative estimate of drug-likeness (QED) is 0.364. The van der Waals surface area contributed by atoms with E-state index < -0.39 is 5.91 Å². The minimum Gasteiger partial charge on any atom is -0.497 e. The summed E-state index contributed by atoms with van der Waals surface area (Å²) in [4.78, 5) is 12.8. The smallest absolute Gasteiger partial charge is 0.294 e. The second kappa shape index (κ2) is 8.22. The molecule has 11 heteroatoms. The molecule has 30 heavy (non-hydrogen) atoms. The van der Waals surface area contributed by atoms with E-state index in [0.717, 1.165) is 5.56 Å². The maximum absolute atomic E-state index is 12.8. The zero-order valence-corrected chi connectivity index (χ0v) is 15.8.